The number of carbonyl (C=O) groups excluding carboxylic acids is 1. The van der Waals surface area contributed by atoms with Crippen LogP contribution in [0.25, 0.3) is 16.9 Å². The maximum absolute atomic E-state index is 13.2. The minimum atomic E-state index is 0.121. The van der Waals surface area contributed by atoms with Gasteiger partial charge >= 0.3 is 0 Å². The number of benzene rings is 2. The molecule has 1 aliphatic heterocycles. The monoisotopic (exact) mass is 499 g/mol. The van der Waals surface area contributed by atoms with Crippen LogP contribution in [-0.2, 0) is 6.54 Å². The molecule has 0 N–H and O–H groups in total. The number of ether oxygens (including phenoxy) is 2. The number of aromatic nitrogens is 3. The Hall–Kier alpha value is -3.91. The van der Waals surface area contributed by atoms with E-state index in [1.807, 2.05) is 65.2 Å². The zero-order chi connectivity index (χ0) is 25.8. The molecule has 1 aliphatic rings. The van der Waals surface area contributed by atoms with Crippen molar-refractivity contribution in [1.29, 1.82) is 0 Å². The second-order valence-corrected chi connectivity index (χ2v) is 9.35. The van der Waals surface area contributed by atoms with Crippen molar-refractivity contribution < 1.29 is 14.3 Å². The predicted molar refractivity (Wildman–Crippen MR) is 143 cm³/mol. The highest BCUT2D eigenvalue weighted by Gasteiger charge is 2.30. The van der Waals surface area contributed by atoms with Crippen LogP contribution < -0.4 is 9.47 Å². The van der Waals surface area contributed by atoms with Gasteiger partial charge in [-0.25, -0.2) is 9.50 Å². The number of rotatable bonds is 8. The van der Waals surface area contributed by atoms with Gasteiger partial charge in [0.1, 0.15) is 0 Å². The van der Waals surface area contributed by atoms with E-state index in [9.17, 15) is 4.79 Å². The average Bonchev–Trinajstić information content (AvgIpc) is 3.35. The third-order valence-corrected chi connectivity index (χ3v) is 6.94. The molecule has 192 valence electrons. The summed E-state index contributed by atoms with van der Waals surface area (Å²) < 4.78 is 12.8. The fourth-order valence-electron chi connectivity index (χ4n) is 5.12. The van der Waals surface area contributed by atoms with Crippen LogP contribution in [0.3, 0.4) is 0 Å². The Labute approximate surface area is 217 Å². The second kappa shape index (κ2) is 11.0. The van der Waals surface area contributed by atoms with Crippen molar-refractivity contribution in [2.24, 2.45) is 0 Å². The van der Waals surface area contributed by atoms with Crippen molar-refractivity contribution in [2.45, 2.75) is 32.4 Å². The van der Waals surface area contributed by atoms with E-state index in [1.165, 1.54) is 0 Å². The van der Waals surface area contributed by atoms with Crippen molar-refractivity contribution in [3.05, 3.63) is 78.1 Å². The van der Waals surface area contributed by atoms with Crippen molar-refractivity contribution >= 4 is 11.6 Å². The van der Waals surface area contributed by atoms with E-state index in [4.69, 9.17) is 14.6 Å². The zero-order valence-corrected chi connectivity index (χ0v) is 21.6. The SMILES string of the molecule is CCCC1CN(Cc2cc3nccc(-c4ccc(OC)c(OC)c4)n3n2)CCN1C(=O)c1ccccc1. The standard InChI is InChI=1S/C29H33N5O3/c1-4-8-24-20-32(15-16-33(24)29(35)21-9-6-5-7-10-21)19-23-18-28-30-14-13-25(34(28)31-23)22-11-12-26(36-2)27(17-22)37-3/h5-7,9-14,17-18,24H,4,8,15-16,19-20H2,1-3H3. The van der Waals surface area contributed by atoms with Gasteiger partial charge in [-0.15, -0.1) is 0 Å². The number of hydrogen-bond donors (Lipinski definition) is 0. The van der Waals surface area contributed by atoms with E-state index in [-0.39, 0.29) is 11.9 Å². The molecule has 1 fully saturated rings. The van der Waals surface area contributed by atoms with E-state index in [0.29, 0.717) is 24.6 Å². The molecule has 1 saturated heterocycles. The molecule has 0 spiro atoms. The molecule has 0 radical (unpaired) electrons. The van der Waals surface area contributed by atoms with Gasteiger partial charge in [-0.1, -0.05) is 31.5 Å². The first-order valence-electron chi connectivity index (χ1n) is 12.8. The van der Waals surface area contributed by atoms with Gasteiger partial charge in [-0.3, -0.25) is 9.69 Å². The van der Waals surface area contributed by atoms with Gasteiger partial charge in [-0.05, 0) is 42.8 Å². The molecule has 8 nitrogen and oxygen atoms in total. The topological polar surface area (TPSA) is 72.2 Å². The van der Waals surface area contributed by atoms with E-state index in [1.54, 1.807) is 20.4 Å². The summed E-state index contributed by atoms with van der Waals surface area (Å²) in [7, 11) is 3.26. The van der Waals surface area contributed by atoms with Gasteiger partial charge in [0.05, 0.1) is 25.6 Å². The third-order valence-electron chi connectivity index (χ3n) is 6.94. The van der Waals surface area contributed by atoms with E-state index in [0.717, 1.165) is 54.1 Å². The van der Waals surface area contributed by atoms with Crippen LogP contribution in [0.5, 0.6) is 11.5 Å². The number of fused-ring (bicyclic) bond motifs is 1. The summed E-state index contributed by atoms with van der Waals surface area (Å²) in [6.45, 7) is 5.23. The Bertz CT molecular complexity index is 1370. The van der Waals surface area contributed by atoms with Gasteiger partial charge in [0, 0.05) is 55.6 Å². The number of methoxy groups -OCH3 is 2. The molecule has 0 bridgehead atoms. The molecule has 3 heterocycles. The summed E-state index contributed by atoms with van der Waals surface area (Å²) in [6.07, 6.45) is 3.81. The Kier molecular flexibility index (Phi) is 7.37. The van der Waals surface area contributed by atoms with Crippen LogP contribution in [0.2, 0.25) is 0 Å². The number of hydrogen-bond acceptors (Lipinski definition) is 6. The highest BCUT2D eigenvalue weighted by atomic mass is 16.5. The van der Waals surface area contributed by atoms with Gasteiger partial charge in [0.25, 0.3) is 5.91 Å². The minimum absolute atomic E-state index is 0.121. The Morgan fingerprint density at radius 1 is 1.00 bits per heavy atom. The summed E-state index contributed by atoms with van der Waals surface area (Å²) in [5, 5.41) is 4.91. The number of amides is 1. The molecule has 8 heteroatoms. The third kappa shape index (κ3) is 5.15. The summed E-state index contributed by atoms with van der Waals surface area (Å²) in [4.78, 5) is 22.2. The molecule has 1 unspecified atom stereocenters. The smallest absolute Gasteiger partial charge is 0.254 e. The molecule has 1 atom stereocenters. The number of carbonyl (C=O) groups is 1. The van der Waals surface area contributed by atoms with E-state index in [2.05, 4.69) is 21.7 Å². The quantitative estimate of drug-likeness (QED) is 0.355. The molecule has 37 heavy (non-hydrogen) atoms. The molecule has 4 aromatic rings. The second-order valence-electron chi connectivity index (χ2n) is 9.35. The first kappa shape index (κ1) is 24.8. The fraction of sp³-hybridized carbons (Fsp3) is 0.345. The Morgan fingerprint density at radius 2 is 1.81 bits per heavy atom. The normalized spacial score (nSPS) is 16.2. The first-order valence-corrected chi connectivity index (χ1v) is 12.8. The minimum Gasteiger partial charge on any atom is -0.493 e. The van der Waals surface area contributed by atoms with Gasteiger partial charge in [-0.2, -0.15) is 5.10 Å². The maximum atomic E-state index is 13.2. The van der Waals surface area contributed by atoms with Crippen LogP contribution in [0.4, 0.5) is 0 Å². The van der Waals surface area contributed by atoms with Crippen LogP contribution >= 0.6 is 0 Å². The molecule has 0 saturated carbocycles. The van der Waals surface area contributed by atoms with E-state index >= 15 is 0 Å². The van der Waals surface area contributed by atoms with Crippen molar-refractivity contribution in [3.8, 4) is 22.8 Å². The summed E-state index contributed by atoms with van der Waals surface area (Å²) >= 11 is 0. The lowest BCUT2D eigenvalue weighted by atomic mass is 10.0. The predicted octanol–water partition coefficient (Wildman–Crippen LogP) is 4.54. The highest BCUT2D eigenvalue weighted by molar-refractivity contribution is 5.94. The molecular formula is C29H33N5O3. The summed E-state index contributed by atoms with van der Waals surface area (Å²) in [6, 6.07) is 19.6. The summed E-state index contributed by atoms with van der Waals surface area (Å²) in [5.41, 5.74) is 4.41. The van der Waals surface area contributed by atoms with Crippen LogP contribution in [0.1, 0.15) is 35.8 Å². The first-order chi connectivity index (χ1) is 18.1. The van der Waals surface area contributed by atoms with E-state index < -0.39 is 0 Å². The molecule has 1 amide bonds. The van der Waals surface area contributed by atoms with Crippen molar-refractivity contribution in [1.82, 2.24) is 24.4 Å². The van der Waals surface area contributed by atoms with Gasteiger partial charge < -0.3 is 14.4 Å². The van der Waals surface area contributed by atoms with Crippen LogP contribution in [0, 0.1) is 0 Å². The zero-order valence-electron chi connectivity index (χ0n) is 21.6. The lowest BCUT2D eigenvalue weighted by Gasteiger charge is -2.41. The average molecular weight is 500 g/mol. The molecule has 5 rings (SSSR count). The molecule has 2 aromatic heterocycles. The molecule has 0 aliphatic carbocycles. The number of nitrogens with zero attached hydrogens (tertiary/aromatic N) is 5. The largest absolute Gasteiger partial charge is 0.493 e. The van der Waals surface area contributed by atoms with Gasteiger partial charge in [0.15, 0.2) is 17.1 Å². The lowest BCUT2D eigenvalue weighted by Crippen LogP contribution is -2.54. The Balaban J connectivity index is 1.35. The molecule has 2 aromatic carbocycles. The highest BCUT2D eigenvalue weighted by Crippen LogP contribution is 2.32. The molecular weight excluding hydrogens is 466 g/mol. The van der Waals surface area contributed by atoms with Crippen molar-refractivity contribution in [2.75, 3.05) is 33.9 Å². The van der Waals surface area contributed by atoms with Gasteiger partial charge in [0.2, 0.25) is 0 Å². The lowest BCUT2D eigenvalue weighted by molar-refractivity contribution is 0.0415. The van der Waals surface area contributed by atoms with Crippen molar-refractivity contribution in [3.63, 3.8) is 0 Å². The fourth-order valence-corrected chi connectivity index (χ4v) is 5.12. The van der Waals surface area contributed by atoms with Crippen LogP contribution in [0.15, 0.2) is 66.9 Å². The maximum Gasteiger partial charge on any atom is 0.254 e. The van der Waals surface area contributed by atoms with Crippen LogP contribution in [-0.4, -0.2) is 70.2 Å². The number of piperazine rings is 1. The summed E-state index contributed by atoms with van der Waals surface area (Å²) in [5.74, 6) is 1.47. The Morgan fingerprint density at radius 3 is 2.57 bits per heavy atom.